The summed E-state index contributed by atoms with van der Waals surface area (Å²) < 4.78 is 14.9. The van der Waals surface area contributed by atoms with Crippen LogP contribution in [0.15, 0.2) is 65.8 Å². The van der Waals surface area contributed by atoms with E-state index in [9.17, 15) is 9.18 Å². The van der Waals surface area contributed by atoms with Crippen molar-refractivity contribution in [2.75, 3.05) is 5.32 Å². The van der Waals surface area contributed by atoms with Gasteiger partial charge in [-0.15, -0.1) is 0 Å². The smallest absolute Gasteiger partial charge is 0.269 e. The molecule has 1 saturated carbocycles. The summed E-state index contributed by atoms with van der Waals surface area (Å²) in [5, 5.41) is 11.6. The lowest BCUT2D eigenvalue weighted by atomic mass is 10.0. The molecule has 0 saturated heterocycles. The Morgan fingerprint density at radius 2 is 1.86 bits per heavy atom. The molecular weight excluding hydrogens is 371 g/mol. The largest absolute Gasteiger partial charge is 0.382 e. The van der Waals surface area contributed by atoms with Crippen molar-refractivity contribution in [2.45, 2.75) is 31.3 Å². The number of benzene rings is 2. The van der Waals surface area contributed by atoms with Gasteiger partial charge in [-0.25, -0.2) is 9.07 Å². The van der Waals surface area contributed by atoms with Crippen LogP contribution in [-0.4, -0.2) is 27.5 Å². The molecule has 0 radical (unpaired) electrons. The van der Waals surface area contributed by atoms with Crippen molar-refractivity contribution >= 4 is 17.4 Å². The molecule has 0 bridgehead atoms. The van der Waals surface area contributed by atoms with E-state index >= 15 is 0 Å². The summed E-state index contributed by atoms with van der Waals surface area (Å²) in [5.41, 5.74) is 3.23. The molecule has 2 heterocycles. The molecule has 1 amide bonds. The minimum Gasteiger partial charge on any atom is -0.382 e. The number of oxime groups is 1. The third kappa shape index (κ3) is 3.63. The molecule has 3 aromatic rings. The third-order valence-electron chi connectivity index (χ3n) is 5.11. The molecule has 1 atom stereocenters. The molecule has 1 aromatic heterocycles. The number of aromatic nitrogens is 2. The zero-order chi connectivity index (χ0) is 19.8. The molecule has 1 aliphatic heterocycles. The normalized spacial score (nSPS) is 18.2. The molecule has 2 aliphatic rings. The number of anilines is 1. The average molecular weight is 390 g/mol. The van der Waals surface area contributed by atoms with Gasteiger partial charge >= 0.3 is 0 Å². The fraction of sp³-hybridized carbons (Fsp3) is 0.227. The molecule has 6 nitrogen and oxygen atoms in total. The molecule has 2 aromatic carbocycles. The van der Waals surface area contributed by atoms with Crippen molar-refractivity contribution in [3.05, 3.63) is 77.7 Å². The second-order valence-corrected chi connectivity index (χ2v) is 7.31. The van der Waals surface area contributed by atoms with E-state index in [2.05, 4.69) is 15.6 Å². The number of halogens is 1. The van der Waals surface area contributed by atoms with Gasteiger partial charge in [-0.05, 0) is 42.7 Å². The van der Waals surface area contributed by atoms with E-state index in [4.69, 9.17) is 4.84 Å². The molecule has 7 heteroatoms. The van der Waals surface area contributed by atoms with Crippen LogP contribution in [0.4, 0.5) is 10.2 Å². The number of nitrogens with zero attached hydrogens (tertiary/aromatic N) is 3. The number of carbonyl (C=O) groups excluding carboxylic acids is 1. The first-order valence-corrected chi connectivity index (χ1v) is 9.62. The maximum Gasteiger partial charge on any atom is 0.269 e. The van der Waals surface area contributed by atoms with Gasteiger partial charge in [0.15, 0.2) is 0 Å². The van der Waals surface area contributed by atoms with E-state index < -0.39 is 6.10 Å². The van der Waals surface area contributed by atoms with Gasteiger partial charge in [0.25, 0.3) is 5.91 Å². The van der Waals surface area contributed by atoms with Crippen LogP contribution in [0.3, 0.4) is 0 Å². The van der Waals surface area contributed by atoms with Crippen molar-refractivity contribution < 1.29 is 14.0 Å². The number of rotatable bonds is 5. The highest BCUT2D eigenvalue weighted by Gasteiger charge is 2.31. The monoisotopic (exact) mass is 390 g/mol. The van der Waals surface area contributed by atoms with Crippen molar-refractivity contribution in [3.63, 3.8) is 0 Å². The molecule has 0 spiro atoms. The predicted molar refractivity (Wildman–Crippen MR) is 107 cm³/mol. The first-order valence-electron chi connectivity index (χ1n) is 9.62. The summed E-state index contributed by atoms with van der Waals surface area (Å²) in [7, 11) is 0. The quantitative estimate of drug-likeness (QED) is 0.715. The first-order chi connectivity index (χ1) is 14.2. The van der Waals surface area contributed by atoms with Crippen LogP contribution >= 0.6 is 0 Å². The van der Waals surface area contributed by atoms with Crippen LogP contribution in [0, 0.1) is 5.82 Å². The maximum atomic E-state index is 13.1. The van der Waals surface area contributed by atoms with Crippen LogP contribution in [0.2, 0.25) is 0 Å². The number of hydrogen-bond acceptors (Lipinski definition) is 4. The van der Waals surface area contributed by atoms with Gasteiger partial charge in [0.2, 0.25) is 6.10 Å². The molecule has 1 fully saturated rings. The highest BCUT2D eigenvalue weighted by atomic mass is 19.1. The molecule has 1 aliphatic carbocycles. The van der Waals surface area contributed by atoms with Crippen LogP contribution in [0.1, 0.15) is 36.4 Å². The van der Waals surface area contributed by atoms with Gasteiger partial charge < -0.3 is 10.2 Å². The topological polar surface area (TPSA) is 68.5 Å². The number of para-hydroxylation sites is 1. The Kier molecular flexibility index (Phi) is 4.35. The highest BCUT2D eigenvalue weighted by Crippen LogP contribution is 2.40. The average Bonchev–Trinajstić information content (AvgIpc) is 3.32. The van der Waals surface area contributed by atoms with E-state index in [-0.39, 0.29) is 11.7 Å². The zero-order valence-corrected chi connectivity index (χ0v) is 15.6. The Bertz CT molecular complexity index is 1070. The van der Waals surface area contributed by atoms with Gasteiger partial charge in [0.1, 0.15) is 11.6 Å². The summed E-state index contributed by atoms with van der Waals surface area (Å²) in [5.74, 6) is 0.474. The molecule has 1 unspecified atom stereocenters. The lowest BCUT2D eigenvalue weighted by Crippen LogP contribution is -2.29. The van der Waals surface area contributed by atoms with E-state index in [1.54, 1.807) is 16.8 Å². The molecular formula is C22H19FN4O2. The van der Waals surface area contributed by atoms with Crippen molar-refractivity contribution in [1.29, 1.82) is 0 Å². The fourth-order valence-corrected chi connectivity index (χ4v) is 3.37. The fourth-order valence-electron chi connectivity index (χ4n) is 3.37. The van der Waals surface area contributed by atoms with Gasteiger partial charge in [-0.1, -0.05) is 35.5 Å². The summed E-state index contributed by atoms with van der Waals surface area (Å²) in [6.45, 7) is 0. The highest BCUT2D eigenvalue weighted by molar-refractivity contribution is 6.06. The van der Waals surface area contributed by atoms with Gasteiger partial charge in [-0.3, -0.25) is 4.79 Å². The van der Waals surface area contributed by atoms with E-state index in [0.29, 0.717) is 23.9 Å². The van der Waals surface area contributed by atoms with Gasteiger partial charge in [0.05, 0.1) is 17.1 Å². The Morgan fingerprint density at radius 1 is 1.10 bits per heavy atom. The van der Waals surface area contributed by atoms with Gasteiger partial charge in [-0.2, -0.15) is 5.10 Å². The molecule has 146 valence electrons. The van der Waals surface area contributed by atoms with Crippen LogP contribution in [0.25, 0.3) is 5.69 Å². The minimum absolute atomic E-state index is 0.287. The predicted octanol–water partition coefficient (Wildman–Crippen LogP) is 4.02. The van der Waals surface area contributed by atoms with Crippen molar-refractivity contribution in [2.24, 2.45) is 5.16 Å². The summed E-state index contributed by atoms with van der Waals surface area (Å²) in [4.78, 5) is 18.2. The zero-order valence-electron chi connectivity index (χ0n) is 15.6. The van der Waals surface area contributed by atoms with E-state index in [1.165, 1.54) is 12.1 Å². The van der Waals surface area contributed by atoms with Gasteiger partial charge in [0, 0.05) is 18.4 Å². The first kappa shape index (κ1) is 17.6. The van der Waals surface area contributed by atoms with Crippen LogP contribution in [-0.2, 0) is 9.63 Å². The van der Waals surface area contributed by atoms with E-state index in [1.807, 2.05) is 36.4 Å². The molecule has 29 heavy (non-hydrogen) atoms. The maximum absolute atomic E-state index is 13.1. The Labute approximate surface area is 167 Å². The van der Waals surface area contributed by atoms with E-state index in [0.717, 1.165) is 29.8 Å². The summed E-state index contributed by atoms with van der Waals surface area (Å²) in [6, 6.07) is 17.6. The minimum atomic E-state index is -0.737. The van der Waals surface area contributed by atoms with Crippen molar-refractivity contribution in [1.82, 2.24) is 9.78 Å². The summed E-state index contributed by atoms with van der Waals surface area (Å²) in [6.07, 6.45) is 1.84. The second kappa shape index (κ2) is 7.16. The third-order valence-corrected chi connectivity index (χ3v) is 5.11. The van der Waals surface area contributed by atoms with Crippen molar-refractivity contribution in [3.8, 4) is 5.69 Å². The second-order valence-electron chi connectivity index (χ2n) is 7.31. The Hall–Kier alpha value is -3.48. The lowest BCUT2D eigenvalue weighted by molar-refractivity contribution is -0.125. The van der Waals surface area contributed by atoms with Crippen LogP contribution < -0.4 is 5.32 Å². The SMILES string of the molecule is O=C(Nc1cc(C2CC2)nn1-c1ccccc1)C1CC(c2ccc(F)cc2)=NO1. The van der Waals surface area contributed by atoms with Crippen LogP contribution in [0.5, 0.6) is 0 Å². The number of carbonyl (C=O) groups is 1. The number of hydrogen-bond donors (Lipinski definition) is 1. The Morgan fingerprint density at radius 3 is 2.59 bits per heavy atom. The molecule has 5 rings (SSSR count). The number of nitrogens with one attached hydrogen (secondary N) is 1. The standard InChI is InChI=1S/C22H19FN4O2/c23-16-10-8-15(9-11-16)19-12-20(29-26-19)22(28)24-21-13-18(14-6-7-14)25-27(21)17-4-2-1-3-5-17/h1-5,8-11,13-14,20H,6-7,12H2,(H,24,28). The summed E-state index contributed by atoms with van der Waals surface area (Å²) >= 11 is 0. The Balaban J connectivity index is 1.33. The lowest BCUT2D eigenvalue weighted by Gasteiger charge is -2.11. The molecule has 1 N–H and O–H groups in total. The number of amides is 1.